The van der Waals surface area contributed by atoms with Crippen LogP contribution in [0.5, 0.6) is 5.75 Å². The predicted octanol–water partition coefficient (Wildman–Crippen LogP) is 2.82. The lowest BCUT2D eigenvalue weighted by Crippen LogP contribution is -2.07. The fraction of sp³-hybridized carbons (Fsp3) is 0.214. The van der Waals surface area contributed by atoms with Gasteiger partial charge >= 0.3 is 0 Å². The van der Waals surface area contributed by atoms with E-state index in [-0.39, 0.29) is 0 Å². The topological polar surface area (TPSA) is 64.3 Å². The summed E-state index contributed by atoms with van der Waals surface area (Å²) in [5.74, 6) is 2.23. The van der Waals surface area contributed by atoms with Gasteiger partial charge in [-0.1, -0.05) is 12.1 Å². The van der Waals surface area contributed by atoms with Gasteiger partial charge < -0.3 is 10.1 Å². The van der Waals surface area contributed by atoms with Crippen LogP contribution in [0, 0.1) is 6.92 Å². The maximum atomic E-state index is 5.15. The maximum absolute atomic E-state index is 5.15. The van der Waals surface area contributed by atoms with Crippen molar-refractivity contribution < 1.29 is 4.74 Å². The third kappa shape index (κ3) is 2.82. The summed E-state index contributed by atoms with van der Waals surface area (Å²) >= 11 is 3.42. The molecular formula is C14H14BrN5O. The highest BCUT2D eigenvalue weighted by Crippen LogP contribution is 2.19. The predicted molar refractivity (Wildman–Crippen MR) is 83.5 cm³/mol. The van der Waals surface area contributed by atoms with Crippen molar-refractivity contribution in [3.8, 4) is 5.75 Å². The molecular weight excluding hydrogens is 334 g/mol. The molecule has 1 N–H and O–H groups in total. The van der Waals surface area contributed by atoms with Gasteiger partial charge in [0, 0.05) is 6.54 Å². The van der Waals surface area contributed by atoms with Crippen LogP contribution in [-0.4, -0.2) is 26.7 Å². The van der Waals surface area contributed by atoms with Crippen molar-refractivity contribution in [2.24, 2.45) is 0 Å². The largest absolute Gasteiger partial charge is 0.497 e. The normalized spacial score (nSPS) is 10.8. The Hall–Kier alpha value is -2.15. The number of imidazole rings is 1. The minimum Gasteiger partial charge on any atom is -0.497 e. The van der Waals surface area contributed by atoms with Crippen LogP contribution < -0.4 is 10.1 Å². The molecule has 0 unspecified atom stereocenters. The highest BCUT2D eigenvalue weighted by Gasteiger charge is 2.09. The first-order valence-electron chi connectivity index (χ1n) is 6.42. The quantitative estimate of drug-likeness (QED) is 0.786. The summed E-state index contributed by atoms with van der Waals surface area (Å²) in [6, 6.07) is 7.89. The molecule has 21 heavy (non-hydrogen) atoms. The van der Waals surface area contributed by atoms with Crippen molar-refractivity contribution in [3.63, 3.8) is 0 Å². The van der Waals surface area contributed by atoms with Crippen molar-refractivity contribution in [3.05, 3.63) is 46.5 Å². The smallest absolute Gasteiger partial charge is 0.197 e. The molecule has 0 aliphatic carbocycles. The van der Waals surface area contributed by atoms with E-state index in [0.29, 0.717) is 23.8 Å². The zero-order valence-corrected chi connectivity index (χ0v) is 13.3. The van der Waals surface area contributed by atoms with Gasteiger partial charge in [0.15, 0.2) is 11.5 Å². The van der Waals surface area contributed by atoms with Gasteiger partial charge in [-0.05, 0) is 40.5 Å². The number of nitrogens with zero attached hydrogens (tertiary/aromatic N) is 4. The zero-order chi connectivity index (χ0) is 14.8. The number of rotatable bonds is 4. The number of benzene rings is 1. The van der Waals surface area contributed by atoms with Crippen LogP contribution >= 0.6 is 15.9 Å². The monoisotopic (exact) mass is 347 g/mol. The van der Waals surface area contributed by atoms with Crippen molar-refractivity contribution in [1.29, 1.82) is 0 Å². The van der Waals surface area contributed by atoms with Gasteiger partial charge in [-0.2, -0.15) is 5.10 Å². The molecule has 2 heterocycles. The van der Waals surface area contributed by atoms with Gasteiger partial charge in [-0.25, -0.2) is 14.5 Å². The lowest BCUT2D eigenvalue weighted by molar-refractivity contribution is 0.414. The first-order chi connectivity index (χ1) is 10.2. The van der Waals surface area contributed by atoms with Gasteiger partial charge in [-0.3, -0.25) is 0 Å². The average Bonchev–Trinajstić information content (AvgIpc) is 2.87. The first kappa shape index (κ1) is 13.8. The van der Waals surface area contributed by atoms with Crippen LogP contribution in [0.1, 0.15) is 11.4 Å². The molecule has 108 valence electrons. The number of hydrogen-bond acceptors (Lipinski definition) is 5. The van der Waals surface area contributed by atoms with Crippen LogP contribution in [0.15, 0.2) is 35.1 Å². The van der Waals surface area contributed by atoms with Crippen LogP contribution in [0.25, 0.3) is 5.65 Å². The first-order valence-corrected chi connectivity index (χ1v) is 7.21. The average molecular weight is 348 g/mol. The molecule has 0 aliphatic heterocycles. The Kier molecular flexibility index (Phi) is 3.74. The molecule has 2 aromatic heterocycles. The van der Waals surface area contributed by atoms with Crippen molar-refractivity contribution in [2.45, 2.75) is 13.5 Å². The number of hydrogen-bond donors (Lipinski definition) is 1. The molecule has 0 fully saturated rings. The van der Waals surface area contributed by atoms with E-state index in [2.05, 4.69) is 36.3 Å². The summed E-state index contributed by atoms with van der Waals surface area (Å²) in [5, 5.41) is 7.61. The van der Waals surface area contributed by atoms with Crippen LogP contribution in [0.4, 0.5) is 5.82 Å². The second kappa shape index (κ2) is 5.69. The second-order valence-electron chi connectivity index (χ2n) is 4.53. The molecule has 0 amide bonds. The van der Waals surface area contributed by atoms with Crippen LogP contribution in [0.2, 0.25) is 0 Å². The van der Waals surface area contributed by atoms with E-state index in [9.17, 15) is 0 Å². The number of aromatic nitrogens is 4. The maximum Gasteiger partial charge on any atom is 0.197 e. The molecule has 6 nitrogen and oxygen atoms in total. The Labute approximate surface area is 130 Å². The van der Waals surface area contributed by atoms with E-state index < -0.39 is 0 Å². The highest BCUT2D eigenvalue weighted by atomic mass is 79.9. The Morgan fingerprint density at radius 1 is 1.29 bits per heavy atom. The van der Waals surface area contributed by atoms with Crippen molar-refractivity contribution >= 4 is 27.4 Å². The summed E-state index contributed by atoms with van der Waals surface area (Å²) in [7, 11) is 1.66. The Morgan fingerprint density at radius 2 is 2.05 bits per heavy atom. The molecule has 0 saturated heterocycles. The van der Waals surface area contributed by atoms with E-state index in [4.69, 9.17) is 4.74 Å². The summed E-state index contributed by atoms with van der Waals surface area (Å²) in [6.45, 7) is 2.50. The Balaban J connectivity index is 1.84. The van der Waals surface area contributed by atoms with Gasteiger partial charge in [-0.15, -0.1) is 0 Å². The zero-order valence-electron chi connectivity index (χ0n) is 11.7. The molecule has 0 saturated carbocycles. The molecule has 0 radical (unpaired) electrons. The Morgan fingerprint density at radius 3 is 2.76 bits per heavy atom. The van der Waals surface area contributed by atoms with Crippen LogP contribution in [-0.2, 0) is 6.54 Å². The molecule has 0 spiro atoms. The van der Waals surface area contributed by atoms with Crippen LogP contribution in [0.3, 0.4) is 0 Å². The minimum absolute atomic E-state index is 0.653. The van der Waals surface area contributed by atoms with Crippen molar-refractivity contribution in [1.82, 2.24) is 19.6 Å². The second-order valence-corrected chi connectivity index (χ2v) is 5.34. The van der Waals surface area contributed by atoms with Gasteiger partial charge in [0.1, 0.15) is 16.2 Å². The lowest BCUT2D eigenvalue weighted by Gasteiger charge is -2.08. The van der Waals surface area contributed by atoms with E-state index in [0.717, 1.165) is 15.9 Å². The minimum atomic E-state index is 0.653. The Bertz CT molecular complexity index is 769. The van der Waals surface area contributed by atoms with E-state index in [1.54, 1.807) is 17.8 Å². The number of methoxy groups -OCH3 is 1. The summed E-state index contributed by atoms with van der Waals surface area (Å²) in [6.07, 6.45) is 1.71. The molecule has 0 atom stereocenters. The third-order valence-corrected chi connectivity index (χ3v) is 3.59. The molecule has 3 rings (SSSR count). The molecule has 0 aliphatic rings. The number of halogens is 1. The highest BCUT2D eigenvalue weighted by molar-refractivity contribution is 9.10. The SMILES string of the molecule is COc1ccc(CNc2nc(C)nn3c(Br)cnc23)cc1. The molecule has 3 aromatic rings. The van der Waals surface area contributed by atoms with Gasteiger partial charge in [0.2, 0.25) is 0 Å². The molecule has 7 heteroatoms. The van der Waals surface area contributed by atoms with E-state index in [1.807, 2.05) is 31.2 Å². The van der Waals surface area contributed by atoms with Crippen molar-refractivity contribution in [2.75, 3.05) is 12.4 Å². The fourth-order valence-corrected chi connectivity index (χ4v) is 2.36. The number of anilines is 1. The van der Waals surface area contributed by atoms with Gasteiger partial charge in [0.25, 0.3) is 0 Å². The van der Waals surface area contributed by atoms with E-state index >= 15 is 0 Å². The number of nitrogens with one attached hydrogen (secondary N) is 1. The molecule has 1 aromatic carbocycles. The number of fused-ring (bicyclic) bond motifs is 1. The van der Waals surface area contributed by atoms with Gasteiger partial charge in [0.05, 0.1) is 13.3 Å². The standard InChI is InChI=1S/C14H14BrN5O/c1-9-18-13(14-17-8-12(15)20(14)19-9)16-7-10-3-5-11(21-2)6-4-10/h3-6,8H,7H2,1-2H3,(H,16,18,19). The van der Waals surface area contributed by atoms with E-state index in [1.165, 1.54) is 0 Å². The third-order valence-electron chi connectivity index (χ3n) is 3.05. The summed E-state index contributed by atoms with van der Waals surface area (Å²) in [4.78, 5) is 8.72. The summed E-state index contributed by atoms with van der Waals surface area (Å²) in [5.41, 5.74) is 1.83. The number of aryl methyl sites for hydroxylation is 1. The lowest BCUT2D eigenvalue weighted by atomic mass is 10.2. The molecule has 0 bridgehead atoms. The number of ether oxygens (including phenoxy) is 1. The summed E-state index contributed by atoms with van der Waals surface area (Å²) < 4.78 is 7.67. The fourth-order valence-electron chi connectivity index (χ4n) is 2.01.